The molecule has 0 bridgehead atoms. The second kappa shape index (κ2) is 12.7. The predicted octanol–water partition coefficient (Wildman–Crippen LogP) is 5.39. The Hall–Kier alpha value is -2.15. The largest absolute Gasteiger partial charge is 0.379 e. The lowest BCUT2D eigenvalue weighted by Crippen LogP contribution is -2.44. The maximum atomic E-state index is 5.99. The first-order valence-corrected chi connectivity index (χ1v) is 13.7. The number of unbranched alkanes of at least 4 members (excludes halogenated alkanes) is 1. The number of fused-ring (bicyclic) bond motifs is 1. The normalized spacial score (nSPS) is 16.1. The van der Waals surface area contributed by atoms with Gasteiger partial charge in [0.1, 0.15) is 0 Å². The fourth-order valence-electron chi connectivity index (χ4n) is 5.17. The van der Waals surface area contributed by atoms with Crippen molar-refractivity contribution in [3.05, 3.63) is 58.7 Å². The average molecular weight is 495 g/mol. The zero-order chi connectivity index (χ0) is 24.6. The molecular formula is C29H42N4OS. The van der Waals surface area contributed by atoms with Gasteiger partial charge in [-0.05, 0) is 73.6 Å². The first kappa shape index (κ1) is 25.9. The van der Waals surface area contributed by atoms with Gasteiger partial charge in [-0.3, -0.25) is 4.90 Å². The van der Waals surface area contributed by atoms with E-state index in [1.54, 1.807) is 0 Å². The minimum atomic E-state index is 0.804. The van der Waals surface area contributed by atoms with Gasteiger partial charge in [0.05, 0.1) is 13.2 Å². The van der Waals surface area contributed by atoms with Crippen LogP contribution in [0.3, 0.4) is 0 Å². The highest BCUT2D eigenvalue weighted by Gasteiger charge is 2.19. The highest BCUT2D eigenvalue weighted by molar-refractivity contribution is 7.80. The number of para-hydroxylation sites is 1. The Balaban J connectivity index is 1.50. The molecule has 4 rings (SSSR count). The Morgan fingerprint density at radius 2 is 1.83 bits per heavy atom. The molecule has 0 aliphatic carbocycles. The van der Waals surface area contributed by atoms with E-state index in [9.17, 15) is 0 Å². The second-order valence-corrected chi connectivity index (χ2v) is 10.4. The van der Waals surface area contributed by atoms with E-state index in [0.29, 0.717) is 0 Å². The SMILES string of the molecule is CCCCN1CCCc2cc(CN(CCN3CCOCC3)C(=S)Nc3c(C)cccc3C)ccc21. The summed E-state index contributed by atoms with van der Waals surface area (Å²) in [6.07, 6.45) is 4.92. The number of anilines is 2. The molecule has 2 aliphatic heterocycles. The second-order valence-electron chi connectivity index (χ2n) is 9.98. The Morgan fingerprint density at radius 1 is 1.06 bits per heavy atom. The molecule has 35 heavy (non-hydrogen) atoms. The van der Waals surface area contributed by atoms with Crippen molar-refractivity contribution < 1.29 is 4.74 Å². The van der Waals surface area contributed by atoms with E-state index >= 15 is 0 Å². The molecule has 2 aromatic carbocycles. The van der Waals surface area contributed by atoms with Crippen LogP contribution in [0.5, 0.6) is 0 Å². The van der Waals surface area contributed by atoms with Gasteiger partial charge in [0, 0.05) is 57.2 Å². The van der Waals surface area contributed by atoms with Gasteiger partial charge >= 0.3 is 0 Å². The number of nitrogens with one attached hydrogen (secondary N) is 1. The standard InChI is InChI=1S/C29H42N4OS/c1-4-5-13-32-14-7-10-26-21-25(11-12-27(26)32)22-33(16-15-31-17-19-34-20-18-31)29(35)30-28-23(2)8-6-9-24(28)3/h6,8-9,11-12,21H,4-5,7,10,13-20,22H2,1-3H3,(H,30,35). The minimum absolute atomic E-state index is 0.804. The van der Waals surface area contributed by atoms with Crippen molar-refractivity contribution in [3.63, 3.8) is 0 Å². The van der Waals surface area contributed by atoms with Gasteiger partial charge in [-0.25, -0.2) is 0 Å². The number of morpholine rings is 1. The van der Waals surface area contributed by atoms with Crippen LogP contribution in [-0.2, 0) is 17.7 Å². The number of ether oxygens (including phenoxy) is 1. The van der Waals surface area contributed by atoms with Gasteiger partial charge < -0.3 is 19.9 Å². The van der Waals surface area contributed by atoms with Crippen LogP contribution in [0.1, 0.15) is 48.4 Å². The van der Waals surface area contributed by atoms with Crippen molar-refractivity contribution in [1.82, 2.24) is 9.80 Å². The van der Waals surface area contributed by atoms with E-state index in [2.05, 4.69) is 77.2 Å². The van der Waals surface area contributed by atoms with Gasteiger partial charge in [-0.15, -0.1) is 0 Å². The van der Waals surface area contributed by atoms with Gasteiger partial charge in [-0.1, -0.05) is 43.7 Å². The Labute approximate surface area is 217 Å². The lowest BCUT2D eigenvalue weighted by atomic mass is 9.98. The molecule has 2 aromatic rings. The molecule has 0 aromatic heterocycles. The summed E-state index contributed by atoms with van der Waals surface area (Å²) >= 11 is 5.99. The van der Waals surface area contributed by atoms with Crippen LogP contribution in [-0.4, -0.2) is 67.4 Å². The fourth-order valence-corrected chi connectivity index (χ4v) is 5.42. The van der Waals surface area contributed by atoms with Crippen LogP contribution in [0, 0.1) is 13.8 Å². The maximum Gasteiger partial charge on any atom is 0.173 e. The van der Waals surface area contributed by atoms with Crippen LogP contribution in [0.25, 0.3) is 0 Å². The third-order valence-electron chi connectivity index (χ3n) is 7.30. The summed E-state index contributed by atoms with van der Waals surface area (Å²) < 4.78 is 5.54. The van der Waals surface area contributed by atoms with E-state index in [1.807, 2.05) is 0 Å². The first-order valence-electron chi connectivity index (χ1n) is 13.3. The zero-order valence-corrected chi connectivity index (χ0v) is 22.6. The van der Waals surface area contributed by atoms with E-state index < -0.39 is 0 Å². The third-order valence-corrected chi connectivity index (χ3v) is 7.66. The highest BCUT2D eigenvalue weighted by atomic mass is 32.1. The summed E-state index contributed by atoms with van der Waals surface area (Å²) in [6, 6.07) is 13.5. The van der Waals surface area contributed by atoms with E-state index in [1.165, 1.54) is 60.2 Å². The minimum Gasteiger partial charge on any atom is -0.379 e. The number of hydrogen-bond acceptors (Lipinski definition) is 4. The van der Waals surface area contributed by atoms with Crippen molar-refractivity contribution in [2.75, 3.05) is 62.7 Å². The number of rotatable bonds is 9. The number of nitrogens with zero attached hydrogens (tertiary/aromatic N) is 3. The van der Waals surface area contributed by atoms with Gasteiger partial charge in [-0.2, -0.15) is 0 Å². The molecule has 0 unspecified atom stereocenters. The molecule has 1 fully saturated rings. The molecule has 6 heteroatoms. The molecule has 1 N–H and O–H groups in total. The van der Waals surface area contributed by atoms with E-state index in [4.69, 9.17) is 17.0 Å². The molecule has 5 nitrogen and oxygen atoms in total. The molecule has 2 aliphatic rings. The number of benzene rings is 2. The Morgan fingerprint density at radius 3 is 2.57 bits per heavy atom. The quantitative estimate of drug-likeness (QED) is 0.471. The molecule has 0 amide bonds. The maximum absolute atomic E-state index is 5.99. The molecular weight excluding hydrogens is 452 g/mol. The van der Waals surface area contributed by atoms with Crippen molar-refractivity contribution in [3.8, 4) is 0 Å². The molecule has 0 atom stereocenters. The zero-order valence-electron chi connectivity index (χ0n) is 21.8. The van der Waals surface area contributed by atoms with Gasteiger partial charge in [0.15, 0.2) is 5.11 Å². The van der Waals surface area contributed by atoms with Gasteiger partial charge in [0.25, 0.3) is 0 Å². The number of hydrogen-bond donors (Lipinski definition) is 1. The molecule has 1 saturated heterocycles. The number of aryl methyl sites for hydroxylation is 3. The summed E-state index contributed by atoms with van der Waals surface area (Å²) in [5.74, 6) is 0. The van der Waals surface area contributed by atoms with Crippen molar-refractivity contribution in [2.24, 2.45) is 0 Å². The molecule has 0 spiro atoms. The lowest BCUT2D eigenvalue weighted by molar-refractivity contribution is 0.0358. The molecule has 0 radical (unpaired) electrons. The van der Waals surface area contributed by atoms with E-state index in [0.717, 1.165) is 63.3 Å². The summed E-state index contributed by atoms with van der Waals surface area (Å²) in [6.45, 7) is 15.3. The van der Waals surface area contributed by atoms with Crippen LogP contribution in [0.4, 0.5) is 11.4 Å². The van der Waals surface area contributed by atoms with Crippen molar-refractivity contribution >= 4 is 28.7 Å². The molecule has 2 heterocycles. The topological polar surface area (TPSA) is 31.0 Å². The summed E-state index contributed by atoms with van der Waals surface area (Å²) in [4.78, 5) is 7.40. The predicted molar refractivity (Wildman–Crippen MR) is 152 cm³/mol. The van der Waals surface area contributed by atoms with Crippen LogP contribution < -0.4 is 10.2 Å². The van der Waals surface area contributed by atoms with Crippen LogP contribution >= 0.6 is 12.2 Å². The monoisotopic (exact) mass is 494 g/mol. The fraction of sp³-hybridized carbons (Fsp3) is 0.552. The summed E-state index contributed by atoms with van der Waals surface area (Å²) in [5.41, 5.74) is 7.85. The number of thiocarbonyl (C=S) groups is 1. The highest BCUT2D eigenvalue weighted by Crippen LogP contribution is 2.29. The van der Waals surface area contributed by atoms with Crippen LogP contribution in [0.15, 0.2) is 36.4 Å². The van der Waals surface area contributed by atoms with E-state index in [-0.39, 0.29) is 0 Å². The van der Waals surface area contributed by atoms with Crippen LogP contribution in [0.2, 0.25) is 0 Å². The average Bonchev–Trinajstić information content (AvgIpc) is 2.87. The first-order chi connectivity index (χ1) is 17.0. The summed E-state index contributed by atoms with van der Waals surface area (Å²) in [5, 5.41) is 4.39. The summed E-state index contributed by atoms with van der Waals surface area (Å²) in [7, 11) is 0. The molecule has 0 saturated carbocycles. The smallest absolute Gasteiger partial charge is 0.173 e. The third kappa shape index (κ3) is 6.96. The van der Waals surface area contributed by atoms with Gasteiger partial charge in [0.2, 0.25) is 0 Å². The van der Waals surface area contributed by atoms with Crippen molar-refractivity contribution in [1.29, 1.82) is 0 Å². The van der Waals surface area contributed by atoms with Crippen molar-refractivity contribution in [2.45, 2.75) is 53.0 Å². The Bertz CT molecular complexity index is 968. The lowest BCUT2D eigenvalue weighted by Gasteiger charge is -2.33. The Kier molecular flexibility index (Phi) is 9.41. The molecule has 190 valence electrons.